The third-order valence-electron chi connectivity index (χ3n) is 4.52. The molecule has 0 saturated heterocycles. The molecule has 158 valence electrons. The summed E-state index contributed by atoms with van der Waals surface area (Å²) in [6, 6.07) is 16.8. The van der Waals surface area contributed by atoms with E-state index >= 15 is 0 Å². The maximum absolute atomic E-state index is 12.9. The first-order valence-corrected chi connectivity index (χ1v) is 11.8. The number of nitrogens with zero attached hydrogens (tertiary/aromatic N) is 3. The van der Waals surface area contributed by atoms with Crippen molar-refractivity contribution >= 4 is 63.2 Å². The van der Waals surface area contributed by atoms with Gasteiger partial charge in [-0.3, -0.25) is 18.7 Å². The minimum Gasteiger partial charge on any atom is -0.351 e. The van der Waals surface area contributed by atoms with E-state index in [-0.39, 0.29) is 17.2 Å². The Hall–Kier alpha value is -2.46. The Balaban J connectivity index is 1.55. The maximum Gasteiger partial charge on any atom is 0.273 e. The Morgan fingerprint density at radius 2 is 1.90 bits per heavy atom. The van der Waals surface area contributed by atoms with Crippen molar-refractivity contribution in [2.45, 2.75) is 11.7 Å². The van der Waals surface area contributed by atoms with Gasteiger partial charge in [0, 0.05) is 24.3 Å². The Kier molecular flexibility index (Phi) is 6.57. The van der Waals surface area contributed by atoms with Gasteiger partial charge in [0.25, 0.3) is 5.56 Å². The van der Waals surface area contributed by atoms with Crippen LogP contribution >= 0.6 is 46.9 Å². The van der Waals surface area contributed by atoms with Gasteiger partial charge >= 0.3 is 0 Å². The van der Waals surface area contributed by atoms with Crippen LogP contribution in [0.4, 0.5) is 0 Å². The van der Waals surface area contributed by atoms with E-state index in [1.165, 1.54) is 27.7 Å². The number of halogens is 1. The Bertz CT molecular complexity index is 1360. The second-order valence-electron chi connectivity index (χ2n) is 6.64. The van der Waals surface area contributed by atoms with E-state index in [1.54, 1.807) is 23.7 Å². The van der Waals surface area contributed by atoms with E-state index < -0.39 is 0 Å². The average Bonchev–Trinajstić information content (AvgIpc) is 3.11. The smallest absolute Gasteiger partial charge is 0.273 e. The van der Waals surface area contributed by atoms with Gasteiger partial charge in [-0.05, 0) is 42.0 Å². The average molecular weight is 489 g/mol. The monoisotopic (exact) mass is 488 g/mol. The largest absolute Gasteiger partial charge is 0.351 e. The number of aromatic nitrogens is 3. The zero-order valence-electron chi connectivity index (χ0n) is 16.4. The lowest BCUT2D eigenvalue weighted by molar-refractivity contribution is -0.118. The van der Waals surface area contributed by atoms with E-state index in [1.807, 2.05) is 42.5 Å². The number of hydrogen-bond donors (Lipinski definition) is 1. The van der Waals surface area contributed by atoms with Crippen LogP contribution in [0, 0.1) is 3.95 Å². The van der Waals surface area contributed by atoms with Crippen molar-refractivity contribution in [2.24, 2.45) is 7.05 Å². The van der Waals surface area contributed by atoms with Gasteiger partial charge in [-0.2, -0.15) is 0 Å². The summed E-state index contributed by atoms with van der Waals surface area (Å²) in [6.45, 7) is 0.403. The molecule has 1 N–H and O–H groups in total. The van der Waals surface area contributed by atoms with Crippen molar-refractivity contribution in [1.82, 2.24) is 19.4 Å². The number of nitrogens with one attached hydrogen (secondary N) is 1. The number of benzene rings is 2. The van der Waals surface area contributed by atoms with Crippen LogP contribution in [-0.2, 0) is 18.4 Å². The fourth-order valence-corrected chi connectivity index (χ4v) is 5.20. The summed E-state index contributed by atoms with van der Waals surface area (Å²) >= 11 is 13.8. The molecule has 4 rings (SSSR count). The number of amides is 1. The molecule has 31 heavy (non-hydrogen) atoms. The number of thioether (sulfide) groups is 1. The maximum atomic E-state index is 12.9. The number of rotatable bonds is 6. The van der Waals surface area contributed by atoms with Gasteiger partial charge in [-0.15, -0.1) is 0 Å². The Morgan fingerprint density at radius 3 is 2.61 bits per heavy atom. The van der Waals surface area contributed by atoms with Crippen LogP contribution in [0.2, 0.25) is 5.02 Å². The van der Waals surface area contributed by atoms with Gasteiger partial charge in [-0.25, -0.2) is 4.98 Å². The van der Waals surface area contributed by atoms with Gasteiger partial charge in [0.15, 0.2) is 14.8 Å². The first-order chi connectivity index (χ1) is 14.9. The van der Waals surface area contributed by atoms with Crippen LogP contribution in [0.15, 0.2) is 64.5 Å². The van der Waals surface area contributed by atoms with Crippen molar-refractivity contribution in [3.05, 3.63) is 79.5 Å². The molecule has 1 amide bonds. The van der Waals surface area contributed by atoms with Crippen LogP contribution in [0.5, 0.6) is 0 Å². The minimum atomic E-state index is -0.181. The minimum absolute atomic E-state index is 0.135. The number of para-hydroxylation sites is 1. The van der Waals surface area contributed by atoms with Gasteiger partial charge in [-0.1, -0.05) is 65.0 Å². The quantitative estimate of drug-likeness (QED) is 0.244. The lowest BCUT2D eigenvalue weighted by atomic mass is 10.2. The Morgan fingerprint density at radius 1 is 1.19 bits per heavy atom. The molecule has 0 radical (unpaired) electrons. The van der Waals surface area contributed by atoms with E-state index in [4.69, 9.17) is 23.8 Å². The highest BCUT2D eigenvalue weighted by Crippen LogP contribution is 2.25. The molecule has 6 nitrogen and oxygen atoms in total. The summed E-state index contributed by atoms with van der Waals surface area (Å²) in [5.74, 6) is -0.0187. The van der Waals surface area contributed by atoms with Crippen molar-refractivity contribution in [3.63, 3.8) is 0 Å². The van der Waals surface area contributed by atoms with E-state index in [9.17, 15) is 9.59 Å². The third kappa shape index (κ3) is 4.74. The van der Waals surface area contributed by atoms with Crippen molar-refractivity contribution in [3.8, 4) is 5.69 Å². The van der Waals surface area contributed by atoms with E-state index in [2.05, 4.69) is 10.3 Å². The molecule has 0 fully saturated rings. The van der Waals surface area contributed by atoms with Gasteiger partial charge < -0.3 is 5.32 Å². The molecular weight excluding hydrogens is 472 g/mol. The Labute approximate surface area is 196 Å². The van der Waals surface area contributed by atoms with E-state index in [0.29, 0.717) is 31.0 Å². The topological polar surface area (TPSA) is 68.9 Å². The third-order valence-corrected chi connectivity index (χ3v) is 7.16. The van der Waals surface area contributed by atoms with Crippen molar-refractivity contribution in [1.29, 1.82) is 0 Å². The van der Waals surface area contributed by atoms with Crippen LogP contribution < -0.4 is 10.9 Å². The first-order valence-electron chi connectivity index (χ1n) is 9.26. The molecule has 0 bridgehead atoms. The number of thiazole rings is 1. The summed E-state index contributed by atoms with van der Waals surface area (Å²) < 4.78 is 4.29. The van der Waals surface area contributed by atoms with Gasteiger partial charge in [0.2, 0.25) is 5.91 Å². The molecular formula is C21H17ClN4O2S3. The summed E-state index contributed by atoms with van der Waals surface area (Å²) in [5, 5.41) is 3.97. The van der Waals surface area contributed by atoms with Gasteiger partial charge in [0.1, 0.15) is 4.70 Å². The highest BCUT2D eigenvalue weighted by molar-refractivity contribution is 7.99. The molecule has 0 saturated carbocycles. The molecule has 2 aromatic heterocycles. The lowest BCUT2D eigenvalue weighted by Gasteiger charge is -2.09. The predicted octanol–water partition coefficient (Wildman–Crippen LogP) is 4.58. The highest BCUT2D eigenvalue weighted by atomic mass is 35.5. The second-order valence-corrected chi connectivity index (χ2v) is 9.67. The molecule has 0 aliphatic heterocycles. The molecule has 0 spiro atoms. The fraction of sp³-hybridized carbons (Fsp3) is 0.143. The van der Waals surface area contributed by atoms with E-state index in [0.717, 1.165) is 11.3 Å². The molecule has 0 aliphatic carbocycles. The van der Waals surface area contributed by atoms with Crippen molar-refractivity contribution < 1.29 is 4.79 Å². The molecule has 0 atom stereocenters. The zero-order chi connectivity index (χ0) is 22.0. The number of fused-ring (bicyclic) bond motifs is 1. The first kappa shape index (κ1) is 21.8. The van der Waals surface area contributed by atoms with Crippen LogP contribution in [0.25, 0.3) is 16.0 Å². The van der Waals surface area contributed by atoms with Gasteiger partial charge in [0.05, 0.1) is 5.75 Å². The number of carbonyl (C=O) groups is 1. The lowest BCUT2D eigenvalue weighted by Crippen LogP contribution is -2.25. The normalized spacial score (nSPS) is 11.0. The molecule has 10 heteroatoms. The molecule has 2 aromatic carbocycles. The number of carbonyl (C=O) groups excluding carboxylic acids is 1. The van der Waals surface area contributed by atoms with Crippen LogP contribution in [0.3, 0.4) is 0 Å². The molecule has 0 unspecified atom stereocenters. The molecule has 2 heterocycles. The molecule has 0 aliphatic rings. The SMILES string of the molecule is Cn1c(SCC(=O)NCc2ccc(Cl)cc2)nc2c(sc(=S)n2-c2ccccc2)c1=O. The van der Waals surface area contributed by atoms with Crippen molar-refractivity contribution in [2.75, 3.05) is 5.75 Å². The fourth-order valence-electron chi connectivity index (χ4n) is 2.93. The predicted molar refractivity (Wildman–Crippen MR) is 129 cm³/mol. The standard InChI is InChI=1S/C21H17ClN4O2S3/c1-25-19(28)17-18(26(21(29)31-17)15-5-3-2-4-6-15)24-20(25)30-12-16(27)23-11-13-7-9-14(22)10-8-13/h2-10H,11-12H2,1H3,(H,23,27). The summed E-state index contributed by atoms with van der Waals surface area (Å²) in [4.78, 5) is 29.9. The summed E-state index contributed by atoms with van der Waals surface area (Å²) in [5.41, 5.74) is 2.12. The zero-order valence-corrected chi connectivity index (χ0v) is 19.6. The molecule has 4 aromatic rings. The number of hydrogen-bond acceptors (Lipinski definition) is 6. The second kappa shape index (κ2) is 9.35. The highest BCUT2D eigenvalue weighted by Gasteiger charge is 2.17. The summed E-state index contributed by atoms with van der Waals surface area (Å²) in [7, 11) is 1.65. The summed E-state index contributed by atoms with van der Waals surface area (Å²) in [6.07, 6.45) is 0. The van der Waals surface area contributed by atoms with Crippen LogP contribution in [0.1, 0.15) is 5.56 Å². The van der Waals surface area contributed by atoms with Crippen LogP contribution in [-0.4, -0.2) is 25.8 Å².